The molecule has 0 spiro atoms. The van der Waals surface area contributed by atoms with Gasteiger partial charge in [-0.3, -0.25) is 14.7 Å². The number of halogens is 3. The molecule has 0 unspecified atom stereocenters. The van der Waals surface area contributed by atoms with E-state index in [9.17, 15) is 18.0 Å². The molecule has 0 aliphatic carbocycles. The van der Waals surface area contributed by atoms with Crippen molar-refractivity contribution < 1.29 is 22.7 Å². The monoisotopic (exact) mass is 329 g/mol. The standard InChI is InChI=1S/C15H18F3N3O2/c1-20-6-7-23-13-3-5-21(9-12(13)20)14(22)10-2-4-19-8-11(10)15(16,17)18/h2,4,8,12-13H,3,5-7,9H2,1H3/t12-,13-/m1/s1. The zero-order valence-electron chi connectivity index (χ0n) is 12.7. The lowest BCUT2D eigenvalue weighted by Gasteiger charge is -2.45. The Morgan fingerprint density at radius 1 is 1.39 bits per heavy atom. The van der Waals surface area contributed by atoms with Gasteiger partial charge in [-0.2, -0.15) is 13.2 Å². The van der Waals surface area contributed by atoms with Gasteiger partial charge < -0.3 is 9.64 Å². The minimum absolute atomic E-state index is 0.0256. The number of morpholine rings is 1. The quantitative estimate of drug-likeness (QED) is 0.786. The van der Waals surface area contributed by atoms with Crippen molar-refractivity contribution in [3.05, 3.63) is 29.6 Å². The second-order valence-electron chi connectivity index (χ2n) is 5.92. The Labute approximate surface area is 132 Å². The van der Waals surface area contributed by atoms with Gasteiger partial charge in [-0.1, -0.05) is 0 Å². The summed E-state index contributed by atoms with van der Waals surface area (Å²) in [6.45, 7) is 2.17. The summed E-state index contributed by atoms with van der Waals surface area (Å²) in [5.74, 6) is -0.600. The van der Waals surface area contributed by atoms with Crippen LogP contribution in [0.2, 0.25) is 0 Å². The molecule has 2 fully saturated rings. The number of aromatic nitrogens is 1. The predicted octanol–water partition coefficient (Wildman–Crippen LogP) is 1.65. The summed E-state index contributed by atoms with van der Waals surface area (Å²) in [7, 11) is 1.95. The average Bonchev–Trinajstić information content (AvgIpc) is 2.53. The molecular weight excluding hydrogens is 311 g/mol. The molecule has 5 nitrogen and oxygen atoms in total. The molecule has 2 atom stereocenters. The van der Waals surface area contributed by atoms with Gasteiger partial charge in [0.1, 0.15) is 0 Å². The molecule has 8 heteroatoms. The van der Waals surface area contributed by atoms with Crippen LogP contribution in [0.15, 0.2) is 18.5 Å². The van der Waals surface area contributed by atoms with Crippen molar-refractivity contribution in [2.75, 3.05) is 33.3 Å². The lowest BCUT2D eigenvalue weighted by atomic mass is 9.98. The fourth-order valence-electron chi connectivity index (χ4n) is 3.20. The number of likely N-dealkylation sites (N-methyl/N-ethyl adjacent to an activating group) is 1. The first-order valence-electron chi connectivity index (χ1n) is 7.50. The fourth-order valence-corrected chi connectivity index (χ4v) is 3.20. The van der Waals surface area contributed by atoms with Gasteiger partial charge in [0.15, 0.2) is 0 Å². The number of carbonyl (C=O) groups is 1. The zero-order chi connectivity index (χ0) is 16.6. The molecule has 3 heterocycles. The Morgan fingerprint density at radius 3 is 2.91 bits per heavy atom. The van der Waals surface area contributed by atoms with Crippen molar-refractivity contribution in [1.82, 2.24) is 14.8 Å². The second kappa shape index (κ2) is 6.09. The van der Waals surface area contributed by atoms with Gasteiger partial charge in [0.25, 0.3) is 5.91 Å². The molecule has 1 aromatic heterocycles. The molecule has 2 aliphatic heterocycles. The summed E-state index contributed by atoms with van der Waals surface area (Å²) in [6.07, 6.45) is -2.01. The summed E-state index contributed by atoms with van der Waals surface area (Å²) in [4.78, 5) is 19.7. The number of amides is 1. The Kier molecular flexibility index (Phi) is 4.29. The van der Waals surface area contributed by atoms with Gasteiger partial charge in [-0.05, 0) is 19.5 Å². The largest absolute Gasteiger partial charge is 0.418 e. The van der Waals surface area contributed by atoms with Gasteiger partial charge in [-0.15, -0.1) is 0 Å². The maximum Gasteiger partial charge on any atom is 0.418 e. The highest BCUT2D eigenvalue weighted by atomic mass is 19.4. The third-order valence-corrected chi connectivity index (χ3v) is 4.51. The molecule has 0 bridgehead atoms. The SMILES string of the molecule is CN1CCO[C@@H]2CCN(C(=O)c3ccncc3C(F)(F)F)C[C@H]21. The lowest BCUT2D eigenvalue weighted by molar-refractivity contribution is -0.138. The van der Waals surface area contributed by atoms with E-state index in [-0.39, 0.29) is 17.7 Å². The fraction of sp³-hybridized carbons (Fsp3) is 0.600. The van der Waals surface area contributed by atoms with Gasteiger partial charge >= 0.3 is 6.18 Å². The van der Waals surface area contributed by atoms with E-state index < -0.39 is 17.6 Å². The first kappa shape index (κ1) is 16.2. The maximum atomic E-state index is 13.1. The molecule has 0 radical (unpaired) electrons. The molecule has 2 aliphatic rings. The van der Waals surface area contributed by atoms with Crippen LogP contribution in [-0.2, 0) is 10.9 Å². The van der Waals surface area contributed by atoms with E-state index in [0.29, 0.717) is 32.3 Å². The number of hydrogen-bond donors (Lipinski definition) is 0. The highest BCUT2D eigenvalue weighted by Crippen LogP contribution is 2.32. The molecule has 3 rings (SSSR count). The van der Waals surface area contributed by atoms with E-state index in [0.717, 1.165) is 12.6 Å². The molecular formula is C15H18F3N3O2. The van der Waals surface area contributed by atoms with E-state index in [2.05, 4.69) is 9.88 Å². The maximum absolute atomic E-state index is 13.1. The van der Waals surface area contributed by atoms with Crippen LogP contribution in [0.3, 0.4) is 0 Å². The minimum atomic E-state index is -4.59. The van der Waals surface area contributed by atoms with Crippen LogP contribution in [0, 0.1) is 0 Å². The molecule has 1 amide bonds. The molecule has 1 aromatic rings. The highest BCUT2D eigenvalue weighted by molar-refractivity contribution is 5.95. The Morgan fingerprint density at radius 2 is 2.17 bits per heavy atom. The topological polar surface area (TPSA) is 45.7 Å². The van der Waals surface area contributed by atoms with E-state index in [1.165, 1.54) is 11.1 Å². The zero-order valence-corrected chi connectivity index (χ0v) is 12.7. The molecule has 23 heavy (non-hydrogen) atoms. The summed E-state index contributed by atoms with van der Waals surface area (Å²) in [6, 6.07) is 1.16. The van der Waals surface area contributed by atoms with Crippen LogP contribution < -0.4 is 0 Å². The van der Waals surface area contributed by atoms with Gasteiger partial charge in [0.2, 0.25) is 0 Å². The number of pyridine rings is 1. The normalized spacial score (nSPS) is 26.0. The molecule has 0 saturated carbocycles. The smallest absolute Gasteiger partial charge is 0.375 e. The third kappa shape index (κ3) is 3.18. The number of ether oxygens (including phenoxy) is 1. The summed E-state index contributed by atoms with van der Waals surface area (Å²) in [5.41, 5.74) is -1.33. The Hall–Kier alpha value is -1.67. The van der Waals surface area contributed by atoms with Gasteiger partial charge in [0.05, 0.1) is 29.9 Å². The Balaban J connectivity index is 1.82. The molecule has 0 N–H and O–H groups in total. The van der Waals surface area contributed by atoms with Crippen LogP contribution >= 0.6 is 0 Å². The van der Waals surface area contributed by atoms with Crippen molar-refractivity contribution in [3.8, 4) is 0 Å². The van der Waals surface area contributed by atoms with E-state index in [1.54, 1.807) is 0 Å². The van der Waals surface area contributed by atoms with Crippen LogP contribution in [0.25, 0.3) is 0 Å². The van der Waals surface area contributed by atoms with Crippen molar-refractivity contribution in [2.24, 2.45) is 0 Å². The summed E-state index contributed by atoms with van der Waals surface area (Å²) < 4.78 is 44.9. The molecule has 126 valence electrons. The van der Waals surface area contributed by atoms with E-state index in [1.807, 2.05) is 7.05 Å². The van der Waals surface area contributed by atoms with Crippen LogP contribution in [0.1, 0.15) is 22.3 Å². The Bertz CT molecular complexity index is 594. The number of carbonyl (C=O) groups excluding carboxylic acids is 1. The van der Waals surface area contributed by atoms with Crippen LogP contribution in [0.4, 0.5) is 13.2 Å². The summed E-state index contributed by atoms with van der Waals surface area (Å²) in [5, 5.41) is 0. The average molecular weight is 329 g/mol. The predicted molar refractivity (Wildman–Crippen MR) is 75.9 cm³/mol. The van der Waals surface area contributed by atoms with Gasteiger partial charge in [0, 0.05) is 32.0 Å². The number of alkyl halides is 3. The van der Waals surface area contributed by atoms with Crippen molar-refractivity contribution in [3.63, 3.8) is 0 Å². The lowest BCUT2D eigenvalue weighted by Crippen LogP contribution is -2.59. The first-order valence-corrected chi connectivity index (χ1v) is 7.50. The number of fused-ring (bicyclic) bond motifs is 1. The van der Waals surface area contributed by atoms with E-state index >= 15 is 0 Å². The molecule has 2 saturated heterocycles. The minimum Gasteiger partial charge on any atom is -0.375 e. The van der Waals surface area contributed by atoms with E-state index in [4.69, 9.17) is 4.74 Å². The third-order valence-electron chi connectivity index (χ3n) is 4.51. The number of hydrogen-bond acceptors (Lipinski definition) is 4. The number of rotatable bonds is 1. The first-order chi connectivity index (χ1) is 10.9. The highest BCUT2D eigenvalue weighted by Gasteiger charge is 2.40. The van der Waals surface area contributed by atoms with Crippen LogP contribution in [-0.4, -0.2) is 66.1 Å². The van der Waals surface area contributed by atoms with Crippen LogP contribution in [0.5, 0.6) is 0 Å². The second-order valence-corrected chi connectivity index (χ2v) is 5.92. The summed E-state index contributed by atoms with van der Waals surface area (Å²) >= 11 is 0. The van der Waals surface area contributed by atoms with Crippen molar-refractivity contribution in [2.45, 2.75) is 24.7 Å². The van der Waals surface area contributed by atoms with Crippen molar-refractivity contribution in [1.29, 1.82) is 0 Å². The number of likely N-dealkylation sites (tertiary alicyclic amines) is 1. The van der Waals surface area contributed by atoms with Crippen molar-refractivity contribution >= 4 is 5.91 Å². The number of nitrogens with zero attached hydrogens (tertiary/aromatic N) is 3. The van der Waals surface area contributed by atoms with Gasteiger partial charge in [-0.25, -0.2) is 0 Å². The number of piperidine rings is 1. The molecule has 0 aromatic carbocycles.